The molecule has 0 saturated carbocycles. The molecule has 0 aliphatic carbocycles. The topological polar surface area (TPSA) is 60.9 Å². The summed E-state index contributed by atoms with van der Waals surface area (Å²) in [6.07, 6.45) is 2.72. The number of Topliss-reactive ketones (excluding diaryl/α,β-unsaturated/α-hetero) is 1. The maximum Gasteiger partial charge on any atom is 0.168 e. The first-order valence-electron chi connectivity index (χ1n) is 5.53. The molecule has 2 aromatic rings. The van der Waals surface area contributed by atoms with E-state index < -0.39 is 0 Å². The lowest BCUT2D eigenvalue weighted by atomic mass is 10.0. The van der Waals surface area contributed by atoms with Gasteiger partial charge < -0.3 is 5.73 Å². The van der Waals surface area contributed by atoms with Crippen LogP contribution in [0.4, 0.5) is 5.82 Å². The molecule has 1 aromatic carbocycles. The molecule has 0 bridgehead atoms. The Hall–Kier alpha value is -2.10. The molecular formula is C13H15N3O. The molecule has 0 unspecified atom stereocenters. The average molecular weight is 229 g/mol. The van der Waals surface area contributed by atoms with Gasteiger partial charge in [0.2, 0.25) is 0 Å². The van der Waals surface area contributed by atoms with E-state index in [1.54, 1.807) is 7.05 Å². The summed E-state index contributed by atoms with van der Waals surface area (Å²) in [5.41, 5.74) is 7.43. The first kappa shape index (κ1) is 11.4. The lowest BCUT2D eigenvalue weighted by Crippen LogP contribution is -2.05. The fourth-order valence-corrected chi connectivity index (χ4v) is 1.70. The lowest BCUT2D eigenvalue weighted by Gasteiger charge is -2.01. The Kier molecular flexibility index (Phi) is 3.23. The molecule has 1 aromatic heterocycles. The number of nitrogens with two attached hydrogens (primary N) is 1. The van der Waals surface area contributed by atoms with Crippen LogP contribution >= 0.6 is 0 Å². The minimum absolute atomic E-state index is 0.0412. The number of hydrogen-bond donors (Lipinski definition) is 1. The molecule has 4 heteroatoms. The van der Waals surface area contributed by atoms with Crippen molar-refractivity contribution in [3.8, 4) is 0 Å². The zero-order valence-electron chi connectivity index (χ0n) is 9.76. The number of aryl methyl sites for hydroxylation is 2. The van der Waals surface area contributed by atoms with Gasteiger partial charge in [0.25, 0.3) is 0 Å². The molecule has 0 fully saturated rings. The molecule has 4 nitrogen and oxygen atoms in total. The van der Waals surface area contributed by atoms with E-state index in [0.29, 0.717) is 17.8 Å². The van der Waals surface area contributed by atoms with Gasteiger partial charge in [-0.3, -0.25) is 9.48 Å². The number of nitrogens with zero attached hydrogens (tertiary/aromatic N) is 2. The minimum Gasteiger partial charge on any atom is -0.383 e. The summed E-state index contributed by atoms with van der Waals surface area (Å²) < 4.78 is 1.51. The van der Waals surface area contributed by atoms with Gasteiger partial charge in [0, 0.05) is 13.5 Å². The van der Waals surface area contributed by atoms with E-state index in [9.17, 15) is 4.79 Å². The molecule has 17 heavy (non-hydrogen) atoms. The fourth-order valence-electron chi connectivity index (χ4n) is 1.70. The van der Waals surface area contributed by atoms with Gasteiger partial charge >= 0.3 is 0 Å². The van der Waals surface area contributed by atoms with Crippen LogP contribution in [0.15, 0.2) is 36.5 Å². The summed E-state index contributed by atoms with van der Waals surface area (Å²) in [5, 5.41) is 3.96. The van der Waals surface area contributed by atoms with Gasteiger partial charge in [-0.1, -0.05) is 30.3 Å². The van der Waals surface area contributed by atoms with Crippen LogP contribution < -0.4 is 5.73 Å². The van der Waals surface area contributed by atoms with Gasteiger partial charge in [0.15, 0.2) is 5.78 Å². The highest BCUT2D eigenvalue weighted by atomic mass is 16.1. The van der Waals surface area contributed by atoms with Gasteiger partial charge in [-0.05, 0) is 12.0 Å². The van der Waals surface area contributed by atoms with E-state index in [4.69, 9.17) is 5.73 Å². The van der Waals surface area contributed by atoms with Crippen molar-refractivity contribution in [3.63, 3.8) is 0 Å². The molecule has 2 N–H and O–H groups in total. The molecular weight excluding hydrogens is 214 g/mol. The van der Waals surface area contributed by atoms with E-state index >= 15 is 0 Å². The van der Waals surface area contributed by atoms with E-state index in [1.165, 1.54) is 10.9 Å². The maximum atomic E-state index is 11.9. The normalized spacial score (nSPS) is 10.4. The summed E-state index contributed by atoms with van der Waals surface area (Å²) in [6.45, 7) is 0. The van der Waals surface area contributed by atoms with Crippen molar-refractivity contribution in [1.29, 1.82) is 0 Å². The Morgan fingerprint density at radius 1 is 1.35 bits per heavy atom. The Balaban J connectivity index is 2.01. The SMILES string of the molecule is Cn1ncc(C(=O)CCc2ccccc2)c1N. The third-order valence-corrected chi connectivity index (χ3v) is 2.77. The van der Waals surface area contributed by atoms with Crippen molar-refractivity contribution < 1.29 is 4.79 Å². The van der Waals surface area contributed by atoms with Gasteiger partial charge in [0.1, 0.15) is 5.82 Å². The Labute approximate surface area is 100 Å². The number of carbonyl (C=O) groups is 1. The second-order valence-electron chi connectivity index (χ2n) is 3.98. The first-order chi connectivity index (χ1) is 8.18. The average Bonchev–Trinajstić information content (AvgIpc) is 2.69. The zero-order valence-corrected chi connectivity index (χ0v) is 9.76. The largest absolute Gasteiger partial charge is 0.383 e. The van der Waals surface area contributed by atoms with Crippen LogP contribution in [0, 0.1) is 0 Å². The number of benzene rings is 1. The summed E-state index contributed by atoms with van der Waals surface area (Å²) in [4.78, 5) is 11.9. The van der Waals surface area contributed by atoms with Crippen molar-refractivity contribution in [2.24, 2.45) is 7.05 Å². The van der Waals surface area contributed by atoms with E-state index in [0.717, 1.165) is 12.0 Å². The van der Waals surface area contributed by atoms with E-state index in [1.807, 2.05) is 30.3 Å². The molecule has 2 rings (SSSR count). The number of anilines is 1. The maximum absolute atomic E-state index is 11.9. The molecule has 0 spiro atoms. The van der Waals surface area contributed by atoms with Gasteiger partial charge in [0.05, 0.1) is 11.8 Å². The van der Waals surface area contributed by atoms with Crippen molar-refractivity contribution in [2.75, 3.05) is 5.73 Å². The van der Waals surface area contributed by atoms with Gasteiger partial charge in [-0.2, -0.15) is 5.10 Å². The van der Waals surface area contributed by atoms with Crippen molar-refractivity contribution in [3.05, 3.63) is 47.7 Å². The zero-order chi connectivity index (χ0) is 12.3. The first-order valence-corrected chi connectivity index (χ1v) is 5.53. The monoisotopic (exact) mass is 229 g/mol. The smallest absolute Gasteiger partial charge is 0.168 e. The highest BCUT2D eigenvalue weighted by Gasteiger charge is 2.13. The molecule has 0 aliphatic heterocycles. The highest BCUT2D eigenvalue weighted by Crippen LogP contribution is 2.13. The van der Waals surface area contributed by atoms with Crippen LogP contribution in [0.3, 0.4) is 0 Å². The van der Waals surface area contributed by atoms with Crippen LogP contribution in [-0.4, -0.2) is 15.6 Å². The van der Waals surface area contributed by atoms with Crippen LogP contribution in [-0.2, 0) is 13.5 Å². The number of rotatable bonds is 4. The van der Waals surface area contributed by atoms with Crippen LogP contribution in [0.25, 0.3) is 0 Å². The summed E-state index contributed by atoms with van der Waals surface area (Å²) in [7, 11) is 1.73. The van der Waals surface area contributed by atoms with Crippen LogP contribution in [0.2, 0.25) is 0 Å². The summed E-state index contributed by atoms with van der Waals surface area (Å²) >= 11 is 0. The predicted molar refractivity (Wildman–Crippen MR) is 66.7 cm³/mol. The van der Waals surface area contributed by atoms with E-state index in [-0.39, 0.29) is 5.78 Å². The third-order valence-electron chi connectivity index (χ3n) is 2.77. The molecule has 0 atom stereocenters. The number of carbonyl (C=O) groups excluding carboxylic acids is 1. The summed E-state index contributed by atoms with van der Waals surface area (Å²) in [5.74, 6) is 0.475. The van der Waals surface area contributed by atoms with Crippen LogP contribution in [0.1, 0.15) is 22.3 Å². The Bertz CT molecular complexity index is 517. The second kappa shape index (κ2) is 4.82. The third kappa shape index (κ3) is 2.53. The van der Waals surface area contributed by atoms with Gasteiger partial charge in [-0.15, -0.1) is 0 Å². The predicted octanol–water partition coefficient (Wildman–Crippen LogP) is 1.82. The molecule has 88 valence electrons. The molecule has 0 saturated heterocycles. The summed E-state index contributed by atoms with van der Waals surface area (Å²) in [6, 6.07) is 9.93. The Morgan fingerprint density at radius 3 is 2.65 bits per heavy atom. The quantitative estimate of drug-likeness (QED) is 0.813. The van der Waals surface area contributed by atoms with E-state index in [2.05, 4.69) is 5.10 Å². The molecule has 1 heterocycles. The second-order valence-corrected chi connectivity index (χ2v) is 3.98. The number of aromatic nitrogens is 2. The Morgan fingerprint density at radius 2 is 2.06 bits per heavy atom. The lowest BCUT2D eigenvalue weighted by molar-refractivity contribution is 0.0983. The van der Waals surface area contributed by atoms with Crippen LogP contribution in [0.5, 0.6) is 0 Å². The highest BCUT2D eigenvalue weighted by molar-refractivity contribution is 5.99. The molecule has 0 aliphatic rings. The number of ketones is 1. The van der Waals surface area contributed by atoms with Crippen molar-refractivity contribution in [2.45, 2.75) is 12.8 Å². The molecule has 0 amide bonds. The molecule has 0 radical (unpaired) electrons. The van der Waals surface area contributed by atoms with Gasteiger partial charge in [-0.25, -0.2) is 0 Å². The van der Waals surface area contributed by atoms with Crippen molar-refractivity contribution in [1.82, 2.24) is 9.78 Å². The minimum atomic E-state index is 0.0412. The van der Waals surface area contributed by atoms with Crippen molar-refractivity contribution >= 4 is 11.6 Å². The number of nitrogen functional groups attached to an aromatic ring is 1. The fraction of sp³-hybridized carbons (Fsp3) is 0.231. The standard InChI is InChI=1S/C13H15N3O/c1-16-13(14)11(9-15-16)12(17)8-7-10-5-3-2-4-6-10/h2-6,9H,7-8,14H2,1H3. The number of hydrogen-bond acceptors (Lipinski definition) is 3.